The monoisotopic (exact) mass is 477 g/mol. The highest BCUT2D eigenvalue weighted by molar-refractivity contribution is 6.01. The normalized spacial score (nSPS) is 14.9. The van der Waals surface area contributed by atoms with E-state index < -0.39 is 17.4 Å². The molecule has 2 aromatic heterocycles. The molecule has 8 heteroatoms. The number of carbonyl (C=O) groups excluding carboxylic acids is 2. The zero-order chi connectivity index (χ0) is 25.2. The largest absolute Gasteiger partial charge is 0.512 e. The zero-order valence-corrected chi connectivity index (χ0v) is 20.5. The van der Waals surface area contributed by atoms with E-state index in [-0.39, 0.29) is 17.5 Å². The Morgan fingerprint density at radius 1 is 1.23 bits per heavy atom. The standard InChI is InChI=1S/C27H31N3O5/c1-27(2,3)24(29-21(32)14-11-16-9-12-17(31)13-10-16)25-30-22(26(33)34-4)23(35-25)19-15-28-20-8-6-5-7-18(19)20/h5-9,12,15,24,28,31H,10-11,13-14H2,1-4H3,(H,29,32)/t24-/m1/s1. The summed E-state index contributed by atoms with van der Waals surface area (Å²) in [6.45, 7) is 5.92. The van der Waals surface area contributed by atoms with Crippen molar-refractivity contribution in [2.24, 2.45) is 5.41 Å². The first-order valence-corrected chi connectivity index (χ1v) is 11.7. The number of esters is 1. The molecule has 0 bridgehead atoms. The van der Waals surface area contributed by atoms with Gasteiger partial charge < -0.3 is 24.6 Å². The molecule has 3 N–H and O–H groups in total. The summed E-state index contributed by atoms with van der Waals surface area (Å²) in [4.78, 5) is 33.2. The highest BCUT2D eigenvalue weighted by Crippen LogP contribution is 2.38. The third-order valence-electron chi connectivity index (χ3n) is 6.16. The number of carbonyl (C=O) groups is 2. The predicted molar refractivity (Wildman–Crippen MR) is 133 cm³/mol. The first-order valence-electron chi connectivity index (χ1n) is 11.7. The molecule has 2 heterocycles. The quantitative estimate of drug-likeness (QED) is 0.373. The molecule has 3 aromatic rings. The van der Waals surface area contributed by atoms with Gasteiger partial charge >= 0.3 is 5.97 Å². The van der Waals surface area contributed by atoms with Gasteiger partial charge in [0.25, 0.3) is 0 Å². The maximum absolute atomic E-state index is 12.9. The van der Waals surface area contributed by atoms with Crippen molar-refractivity contribution >= 4 is 22.8 Å². The minimum absolute atomic E-state index is 0.0645. The summed E-state index contributed by atoms with van der Waals surface area (Å²) in [6.07, 6.45) is 7.57. The van der Waals surface area contributed by atoms with Gasteiger partial charge in [-0.05, 0) is 30.4 Å². The molecule has 1 aliphatic rings. The number of aromatic amines is 1. The first-order chi connectivity index (χ1) is 16.7. The Labute approximate surface area is 204 Å². The molecule has 8 nitrogen and oxygen atoms in total. The van der Waals surface area contributed by atoms with Crippen molar-refractivity contribution in [3.8, 4) is 11.3 Å². The van der Waals surface area contributed by atoms with Crippen molar-refractivity contribution in [1.29, 1.82) is 0 Å². The van der Waals surface area contributed by atoms with E-state index in [4.69, 9.17) is 9.15 Å². The summed E-state index contributed by atoms with van der Waals surface area (Å²) in [5.41, 5.74) is 2.34. The topological polar surface area (TPSA) is 117 Å². The SMILES string of the molecule is COC(=O)c1nc([C@@H](NC(=O)CCC2=CC=C(O)CC2)C(C)(C)C)oc1-c1c[nH]c2ccccc12. The fraction of sp³-hybridized carbons (Fsp3) is 0.370. The number of fused-ring (bicyclic) bond motifs is 1. The average Bonchev–Trinajstić information content (AvgIpc) is 3.45. The molecule has 35 heavy (non-hydrogen) atoms. The number of rotatable bonds is 7. The third kappa shape index (κ3) is 5.31. The number of aromatic nitrogens is 2. The maximum Gasteiger partial charge on any atom is 0.360 e. The van der Waals surface area contributed by atoms with Crippen LogP contribution < -0.4 is 5.32 Å². The van der Waals surface area contributed by atoms with E-state index in [1.165, 1.54) is 7.11 Å². The molecule has 0 saturated heterocycles. The highest BCUT2D eigenvalue weighted by atomic mass is 16.5. The summed E-state index contributed by atoms with van der Waals surface area (Å²) in [7, 11) is 1.30. The van der Waals surface area contributed by atoms with Gasteiger partial charge in [-0.1, -0.05) is 50.6 Å². The van der Waals surface area contributed by atoms with Crippen LogP contribution >= 0.6 is 0 Å². The van der Waals surface area contributed by atoms with E-state index >= 15 is 0 Å². The van der Waals surface area contributed by atoms with Gasteiger partial charge in [-0.3, -0.25) is 4.79 Å². The van der Waals surface area contributed by atoms with Gasteiger partial charge in [0.2, 0.25) is 11.8 Å². The molecule has 0 aliphatic heterocycles. The molecule has 0 saturated carbocycles. The molecule has 0 spiro atoms. The number of hydrogen-bond donors (Lipinski definition) is 3. The second-order valence-corrected chi connectivity index (χ2v) is 9.82. The van der Waals surface area contributed by atoms with Gasteiger partial charge in [0, 0.05) is 35.5 Å². The van der Waals surface area contributed by atoms with Crippen LogP contribution in [0.4, 0.5) is 0 Å². The lowest BCUT2D eigenvalue weighted by Crippen LogP contribution is -2.36. The lowest BCUT2D eigenvalue weighted by atomic mass is 9.86. The average molecular weight is 478 g/mol. The number of nitrogens with one attached hydrogen (secondary N) is 2. The lowest BCUT2D eigenvalue weighted by molar-refractivity contribution is -0.122. The minimum Gasteiger partial charge on any atom is -0.512 e. The van der Waals surface area contributed by atoms with Crippen molar-refractivity contribution in [2.75, 3.05) is 7.11 Å². The second kappa shape index (κ2) is 9.82. The van der Waals surface area contributed by atoms with Gasteiger partial charge in [-0.2, -0.15) is 0 Å². The Hall–Kier alpha value is -3.81. The Morgan fingerprint density at radius 3 is 2.69 bits per heavy atom. The number of allylic oxidation sites excluding steroid dienone is 4. The molecule has 0 fully saturated rings. The van der Waals surface area contributed by atoms with Crippen LogP contribution in [0.25, 0.3) is 22.2 Å². The molecule has 184 valence electrons. The molecular weight excluding hydrogens is 446 g/mol. The molecule has 0 unspecified atom stereocenters. The van der Waals surface area contributed by atoms with Crippen LogP contribution in [0.5, 0.6) is 0 Å². The van der Waals surface area contributed by atoms with Crippen LogP contribution in [0, 0.1) is 5.41 Å². The van der Waals surface area contributed by atoms with Crippen LogP contribution in [-0.4, -0.2) is 34.1 Å². The number of oxazole rings is 1. The molecule has 1 aliphatic carbocycles. The first kappa shape index (κ1) is 24.3. The number of nitrogens with zero attached hydrogens (tertiary/aromatic N) is 1. The van der Waals surface area contributed by atoms with E-state index in [2.05, 4.69) is 15.3 Å². The van der Waals surface area contributed by atoms with E-state index in [1.807, 2.05) is 51.1 Å². The third-order valence-corrected chi connectivity index (χ3v) is 6.16. The Kier molecular flexibility index (Phi) is 6.82. The predicted octanol–water partition coefficient (Wildman–Crippen LogP) is 5.76. The number of aliphatic hydroxyl groups is 1. The number of benzene rings is 1. The van der Waals surface area contributed by atoms with Gasteiger partial charge in [-0.15, -0.1) is 0 Å². The van der Waals surface area contributed by atoms with Crippen LogP contribution in [-0.2, 0) is 9.53 Å². The number of H-pyrrole nitrogens is 1. The van der Waals surface area contributed by atoms with Crippen LogP contribution in [0.1, 0.15) is 68.9 Å². The fourth-order valence-electron chi connectivity index (χ4n) is 4.17. The number of aliphatic hydroxyl groups excluding tert-OH is 1. The van der Waals surface area contributed by atoms with Crippen LogP contribution in [0.15, 0.2) is 58.4 Å². The van der Waals surface area contributed by atoms with Crippen molar-refractivity contribution in [1.82, 2.24) is 15.3 Å². The van der Waals surface area contributed by atoms with Gasteiger partial charge in [0.05, 0.1) is 12.9 Å². The Bertz CT molecular complexity index is 1310. The number of para-hydroxylation sites is 1. The van der Waals surface area contributed by atoms with E-state index in [9.17, 15) is 14.7 Å². The highest BCUT2D eigenvalue weighted by Gasteiger charge is 2.35. The van der Waals surface area contributed by atoms with Crippen molar-refractivity contribution in [3.05, 3.63) is 65.5 Å². The van der Waals surface area contributed by atoms with Crippen molar-refractivity contribution in [2.45, 2.75) is 52.5 Å². The Morgan fingerprint density at radius 2 is 2.00 bits per heavy atom. The number of ether oxygens (including phenoxy) is 1. The van der Waals surface area contributed by atoms with Gasteiger partial charge in [0.1, 0.15) is 6.04 Å². The van der Waals surface area contributed by atoms with Gasteiger partial charge in [-0.25, -0.2) is 9.78 Å². The van der Waals surface area contributed by atoms with E-state index in [0.29, 0.717) is 36.3 Å². The van der Waals surface area contributed by atoms with Crippen molar-refractivity contribution in [3.63, 3.8) is 0 Å². The molecule has 1 amide bonds. The summed E-state index contributed by atoms with van der Waals surface area (Å²) in [5, 5.41) is 13.5. The molecule has 0 radical (unpaired) electrons. The van der Waals surface area contributed by atoms with Gasteiger partial charge in [0.15, 0.2) is 11.5 Å². The summed E-state index contributed by atoms with van der Waals surface area (Å²) >= 11 is 0. The maximum atomic E-state index is 12.9. The smallest absolute Gasteiger partial charge is 0.360 e. The summed E-state index contributed by atoms with van der Waals surface area (Å²) in [5.74, 6) is 0.154. The van der Waals surface area contributed by atoms with Crippen LogP contribution in [0.3, 0.4) is 0 Å². The minimum atomic E-state index is -0.611. The second-order valence-electron chi connectivity index (χ2n) is 9.82. The van der Waals surface area contributed by atoms with Crippen LogP contribution in [0.2, 0.25) is 0 Å². The molecule has 4 rings (SSSR count). The summed E-state index contributed by atoms with van der Waals surface area (Å²) in [6, 6.07) is 7.13. The molecule has 1 aromatic carbocycles. The fourth-order valence-corrected chi connectivity index (χ4v) is 4.17. The Balaban J connectivity index is 1.63. The van der Waals surface area contributed by atoms with E-state index in [0.717, 1.165) is 22.9 Å². The molecular formula is C27H31N3O5. The van der Waals surface area contributed by atoms with Crippen molar-refractivity contribution < 1.29 is 23.8 Å². The number of hydrogen-bond acceptors (Lipinski definition) is 6. The number of amides is 1. The lowest BCUT2D eigenvalue weighted by Gasteiger charge is -2.29. The zero-order valence-electron chi connectivity index (χ0n) is 20.5. The summed E-state index contributed by atoms with van der Waals surface area (Å²) < 4.78 is 11.2. The molecule has 1 atom stereocenters. The van der Waals surface area contributed by atoms with E-state index in [1.54, 1.807) is 12.3 Å². The number of methoxy groups -OCH3 is 1.